The zero-order chi connectivity index (χ0) is 19.2. The van der Waals surface area contributed by atoms with Crippen LogP contribution in [0.25, 0.3) is 0 Å². The zero-order valence-electron chi connectivity index (χ0n) is 16.6. The highest BCUT2D eigenvalue weighted by atomic mass is 16.6. The Kier molecular flexibility index (Phi) is 4.77. The zero-order valence-corrected chi connectivity index (χ0v) is 16.6. The average Bonchev–Trinajstić information content (AvgIpc) is 2.92. The van der Waals surface area contributed by atoms with Gasteiger partial charge >= 0.3 is 5.97 Å². The maximum Gasteiger partial charge on any atom is 0.309 e. The van der Waals surface area contributed by atoms with Gasteiger partial charge in [-0.3, -0.25) is 9.59 Å². The molecule has 2 aliphatic carbocycles. The Morgan fingerprint density at radius 2 is 1.89 bits per heavy atom. The second-order valence-corrected chi connectivity index (χ2v) is 9.31. The molecule has 1 N–H and O–H groups in total. The lowest BCUT2D eigenvalue weighted by Crippen LogP contribution is -2.57. The SMILES string of the molecule is C[C@H]1[C@@H]2[C@H]3OC(=O)[C@@H](C)[C@@H]3CC[C@@]2(C)CC[C@@H]1NC(=O)Cc1ccccc1. The summed E-state index contributed by atoms with van der Waals surface area (Å²) < 4.78 is 5.88. The summed E-state index contributed by atoms with van der Waals surface area (Å²) in [5.74, 6) is 1.06. The van der Waals surface area contributed by atoms with Crippen molar-refractivity contribution in [3.05, 3.63) is 35.9 Å². The Morgan fingerprint density at radius 3 is 2.63 bits per heavy atom. The van der Waals surface area contributed by atoms with Crippen molar-refractivity contribution in [2.75, 3.05) is 0 Å². The van der Waals surface area contributed by atoms with E-state index in [4.69, 9.17) is 4.74 Å². The van der Waals surface area contributed by atoms with Gasteiger partial charge in [-0.2, -0.15) is 0 Å². The summed E-state index contributed by atoms with van der Waals surface area (Å²) in [6, 6.07) is 10.0. The van der Waals surface area contributed by atoms with Gasteiger partial charge < -0.3 is 10.1 Å². The summed E-state index contributed by atoms with van der Waals surface area (Å²) in [6.45, 7) is 6.63. The molecule has 4 heteroatoms. The molecule has 0 aromatic heterocycles. The number of esters is 1. The molecule has 1 heterocycles. The highest BCUT2D eigenvalue weighted by Gasteiger charge is 2.58. The molecule has 146 valence electrons. The number of carbonyl (C=O) groups excluding carboxylic acids is 2. The van der Waals surface area contributed by atoms with Crippen LogP contribution in [0.5, 0.6) is 0 Å². The maximum absolute atomic E-state index is 12.6. The summed E-state index contributed by atoms with van der Waals surface area (Å²) in [4.78, 5) is 24.8. The smallest absolute Gasteiger partial charge is 0.309 e. The molecule has 1 aromatic rings. The number of hydrogen-bond donors (Lipinski definition) is 1. The van der Waals surface area contributed by atoms with Crippen molar-refractivity contribution < 1.29 is 14.3 Å². The van der Waals surface area contributed by atoms with Crippen molar-refractivity contribution in [2.24, 2.45) is 29.1 Å². The van der Waals surface area contributed by atoms with Gasteiger partial charge in [-0.1, -0.05) is 51.1 Å². The second-order valence-electron chi connectivity index (χ2n) is 9.31. The largest absolute Gasteiger partial charge is 0.462 e. The Labute approximate surface area is 162 Å². The summed E-state index contributed by atoms with van der Waals surface area (Å²) >= 11 is 0. The van der Waals surface area contributed by atoms with E-state index < -0.39 is 0 Å². The van der Waals surface area contributed by atoms with E-state index in [1.54, 1.807) is 0 Å². The quantitative estimate of drug-likeness (QED) is 0.826. The molecule has 2 saturated carbocycles. The number of amides is 1. The molecule has 0 unspecified atom stereocenters. The molecule has 3 fully saturated rings. The third-order valence-electron chi connectivity index (χ3n) is 7.68. The molecule has 0 radical (unpaired) electrons. The molecule has 4 nitrogen and oxygen atoms in total. The van der Waals surface area contributed by atoms with Crippen LogP contribution < -0.4 is 5.32 Å². The molecule has 1 aliphatic heterocycles. The van der Waals surface area contributed by atoms with E-state index in [0.717, 1.165) is 31.2 Å². The summed E-state index contributed by atoms with van der Waals surface area (Å²) in [6.07, 6.45) is 4.79. The Hall–Kier alpha value is -1.84. The lowest BCUT2D eigenvalue weighted by atomic mass is 9.52. The Morgan fingerprint density at radius 1 is 1.19 bits per heavy atom. The van der Waals surface area contributed by atoms with Gasteiger partial charge in [0.1, 0.15) is 6.10 Å². The first-order valence-corrected chi connectivity index (χ1v) is 10.4. The average molecular weight is 370 g/mol. The molecular formula is C23H31NO3. The molecule has 7 atom stereocenters. The number of fused-ring (bicyclic) bond motifs is 3. The van der Waals surface area contributed by atoms with Crippen molar-refractivity contribution in [1.82, 2.24) is 5.32 Å². The summed E-state index contributed by atoms with van der Waals surface area (Å²) in [5.41, 5.74) is 1.26. The first-order chi connectivity index (χ1) is 12.9. The van der Waals surface area contributed by atoms with E-state index in [9.17, 15) is 9.59 Å². The normalized spacial score (nSPS) is 40.6. The van der Waals surface area contributed by atoms with Crippen molar-refractivity contribution in [3.8, 4) is 0 Å². The Balaban J connectivity index is 1.47. The van der Waals surface area contributed by atoms with E-state index >= 15 is 0 Å². The number of benzene rings is 1. The first-order valence-electron chi connectivity index (χ1n) is 10.4. The van der Waals surface area contributed by atoms with E-state index in [0.29, 0.717) is 24.2 Å². The van der Waals surface area contributed by atoms with Gasteiger partial charge in [0.25, 0.3) is 0 Å². The molecule has 0 bridgehead atoms. The van der Waals surface area contributed by atoms with Crippen LogP contribution in [-0.2, 0) is 20.7 Å². The van der Waals surface area contributed by atoms with Crippen LogP contribution in [0.1, 0.15) is 52.0 Å². The molecule has 27 heavy (non-hydrogen) atoms. The van der Waals surface area contributed by atoms with Gasteiger partial charge in [-0.15, -0.1) is 0 Å². The third-order valence-corrected chi connectivity index (χ3v) is 7.68. The summed E-state index contributed by atoms with van der Waals surface area (Å²) in [7, 11) is 0. The molecule has 4 rings (SSSR count). The van der Waals surface area contributed by atoms with E-state index in [2.05, 4.69) is 19.2 Å². The van der Waals surface area contributed by atoms with E-state index in [-0.39, 0.29) is 35.4 Å². The minimum atomic E-state index is -0.0308. The van der Waals surface area contributed by atoms with Gasteiger partial charge in [-0.25, -0.2) is 0 Å². The Bertz CT molecular complexity index is 718. The fraction of sp³-hybridized carbons (Fsp3) is 0.652. The van der Waals surface area contributed by atoms with Crippen LogP contribution in [0.4, 0.5) is 0 Å². The molecular weight excluding hydrogens is 338 g/mol. The fourth-order valence-corrected chi connectivity index (χ4v) is 6.07. The maximum atomic E-state index is 12.6. The van der Waals surface area contributed by atoms with Crippen LogP contribution in [-0.4, -0.2) is 24.0 Å². The predicted octanol–water partition coefficient (Wildman–Crippen LogP) is 3.74. The van der Waals surface area contributed by atoms with Gasteiger partial charge in [0, 0.05) is 17.9 Å². The highest BCUT2D eigenvalue weighted by Crippen LogP contribution is 2.57. The lowest BCUT2D eigenvalue weighted by Gasteiger charge is -2.54. The lowest BCUT2D eigenvalue weighted by molar-refractivity contribution is -0.154. The number of ether oxygens (including phenoxy) is 1. The van der Waals surface area contributed by atoms with Crippen molar-refractivity contribution in [1.29, 1.82) is 0 Å². The van der Waals surface area contributed by atoms with Gasteiger partial charge in [0.05, 0.1) is 12.3 Å². The molecule has 3 aliphatic rings. The minimum absolute atomic E-state index is 0.0137. The first kappa shape index (κ1) is 18.5. The second kappa shape index (κ2) is 6.96. The number of carbonyl (C=O) groups is 2. The van der Waals surface area contributed by atoms with Crippen LogP contribution in [0.15, 0.2) is 30.3 Å². The molecule has 1 amide bonds. The number of nitrogens with one attached hydrogen (secondary N) is 1. The van der Waals surface area contributed by atoms with E-state index in [1.807, 2.05) is 37.3 Å². The number of hydrogen-bond acceptors (Lipinski definition) is 3. The van der Waals surface area contributed by atoms with Crippen molar-refractivity contribution in [2.45, 2.75) is 65.0 Å². The summed E-state index contributed by atoms with van der Waals surface area (Å²) in [5, 5.41) is 3.29. The minimum Gasteiger partial charge on any atom is -0.462 e. The van der Waals surface area contributed by atoms with Gasteiger partial charge in [-0.05, 0) is 42.6 Å². The van der Waals surface area contributed by atoms with Crippen LogP contribution in [0.2, 0.25) is 0 Å². The highest BCUT2D eigenvalue weighted by molar-refractivity contribution is 5.79. The topological polar surface area (TPSA) is 55.4 Å². The van der Waals surface area contributed by atoms with Crippen LogP contribution >= 0.6 is 0 Å². The van der Waals surface area contributed by atoms with Gasteiger partial charge in [0.15, 0.2) is 0 Å². The molecule has 0 spiro atoms. The van der Waals surface area contributed by atoms with Gasteiger partial charge in [0.2, 0.25) is 5.91 Å². The number of rotatable bonds is 3. The molecule has 1 aromatic carbocycles. The van der Waals surface area contributed by atoms with E-state index in [1.165, 1.54) is 0 Å². The third kappa shape index (κ3) is 3.28. The molecule has 1 saturated heterocycles. The fourth-order valence-electron chi connectivity index (χ4n) is 6.07. The van der Waals surface area contributed by atoms with Crippen molar-refractivity contribution >= 4 is 11.9 Å². The standard InChI is InChI=1S/C23H31NO3/c1-14-17-9-11-23(3)12-10-18(15(2)20(23)21(17)27-22(14)26)24-19(25)13-16-7-5-4-6-8-16/h4-8,14-15,17-18,20-21H,9-13H2,1-3H3,(H,24,25)/t14-,15+,17-,18-,20+,21-,23-/m0/s1. The van der Waals surface area contributed by atoms with Crippen LogP contribution in [0.3, 0.4) is 0 Å². The monoisotopic (exact) mass is 369 g/mol. The van der Waals surface area contributed by atoms with Crippen LogP contribution in [0, 0.1) is 29.1 Å². The predicted molar refractivity (Wildman–Crippen MR) is 104 cm³/mol. The van der Waals surface area contributed by atoms with Crippen molar-refractivity contribution in [3.63, 3.8) is 0 Å².